The summed E-state index contributed by atoms with van der Waals surface area (Å²) in [5.41, 5.74) is 2.73. The van der Waals surface area contributed by atoms with Gasteiger partial charge in [-0.15, -0.1) is 0 Å². The third-order valence-electron chi connectivity index (χ3n) is 2.60. The van der Waals surface area contributed by atoms with Gasteiger partial charge in [0.25, 0.3) is 0 Å². The normalized spacial score (nSPS) is 10.2. The summed E-state index contributed by atoms with van der Waals surface area (Å²) in [6.07, 6.45) is 3.15. The Labute approximate surface area is 91.0 Å². The number of rotatable bonds is 3. The summed E-state index contributed by atoms with van der Waals surface area (Å²) in [5, 5.41) is 0. The molecular weight excluding hydrogens is 182 g/mol. The Kier molecular flexibility index (Phi) is 3.13. The summed E-state index contributed by atoms with van der Waals surface area (Å²) >= 11 is 0. The largest absolute Gasteiger partial charge is 0.202 e. The topological polar surface area (TPSA) is 3.88 Å². The molecule has 2 aromatic rings. The highest BCUT2D eigenvalue weighted by Crippen LogP contribution is 2.04. The van der Waals surface area contributed by atoms with Crippen LogP contribution < -0.4 is 4.57 Å². The van der Waals surface area contributed by atoms with E-state index in [0.29, 0.717) is 0 Å². The molecule has 0 saturated carbocycles. The van der Waals surface area contributed by atoms with Gasteiger partial charge in [0.1, 0.15) is 6.54 Å². The smallest absolute Gasteiger partial charge is 0.185 e. The van der Waals surface area contributed by atoms with Crippen LogP contribution >= 0.6 is 0 Å². The zero-order valence-corrected chi connectivity index (χ0v) is 9.06. The van der Waals surface area contributed by atoms with Crippen molar-refractivity contribution in [2.24, 2.45) is 0 Å². The Balaban J connectivity index is 2.24. The number of hydrogen-bond acceptors (Lipinski definition) is 0. The van der Waals surface area contributed by atoms with E-state index in [2.05, 4.69) is 66.2 Å². The molecule has 1 aromatic heterocycles. The molecule has 0 aliphatic heterocycles. The van der Waals surface area contributed by atoms with E-state index in [0.717, 1.165) is 13.0 Å². The van der Waals surface area contributed by atoms with Crippen molar-refractivity contribution in [1.29, 1.82) is 0 Å². The fraction of sp³-hybridized carbons (Fsp3) is 0.214. The molecule has 1 aromatic carbocycles. The maximum atomic E-state index is 2.28. The van der Waals surface area contributed by atoms with Gasteiger partial charge in [0.2, 0.25) is 0 Å². The molecular formula is C14H16N+. The van der Waals surface area contributed by atoms with E-state index >= 15 is 0 Å². The maximum absolute atomic E-state index is 2.28. The van der Waals surface area contributed by atoms with Gasteiger partial charge in [-0.1, -0.05) is 36.4 Å². The molecule has 1 heterocycles. The highest BCUT2D eigenvalue weighted by Gasteiger charge is 2.07. The third-order valence-corrected chi connectivity index (χ3v) is 2.60. The number of hydrogen-bond donors (Lipinski definition) is 0. The third kappa shape index (κ3) is 2.44. The molecule has 0 N–H and O–H groups in total. The lowest BCUT2D eigenvalue weighted by molar-refractivity contribution is -0.700. The lowest BCUT2D eigenvalue weighted by atomic mass is 10.1. The molecule has 0 radical (unpaired) electrons. The monoisotopic (exact) mass is 198 g/mol. The molecule has 0 fully saturated rings. The average molecular weight is 198 g/mol. The number of nitrogens with zero attached hydrogens (tertiary/aromatic N) is 1. The first-order valence-corrected chi connectivity index (χ1v) is 5.41. The van der Waals surface area contributed by atoms with E-state index in [1.165, 1.54) is 11.3 Å². The molecule has 0 saturated heterocycles. The highest BCUT2D eigenvalue weighted by atomic mass is 14.9. The first kappa shape index (κ1) is 9.91. The fourth-order valence-electron chi connectivity index (χ4n) is 1.79. The van der Waals surface area contributed by atoms with Crippen molar-refractivity contribution >= 4 is 0 Å². The number of benzene rings is 1. The van der Waals surface area contributed by atoms with Gasteiger partial charge < -0.3 is 0 Å². The van der Waals surface area contributed by atoms with Crippen LogP contribution in [0.5, 0.6) is 0 Å². The molecule has 0 aliphatic rings. The molecule has 0 unspecified atom stereocenters. The maximum Gasteiger partial charge on any atom is 0.185 e. The van der Waals surface area contributed by atoms with Crippen LogP contribution in [0.15, 0.2) is 54.7 Å². The van der Waals surface area contributed by atoms with Crippen molar-refractivity contribution in [3.05, 3.63) is 66.0 Å². The van der Waals surface area contributed by atoms with Crippen molar-refractivity contribution in [1.82, 2.24) is 0 Å². The Morgan fingerprint density at radius 3 is 2.40 bits per heavy atom. The van der Waals surface area contributed by atoms with E-state index in [1.807, 2.05) is 0 Å². The first-order chi connectivity index (χ1) is 7.40. The number of pyridine rings is 1. The molecule has 76 valence electrons. The quantitative estimate of drug-likeness (QED) is 0.667. The van der Waals surface area contributed by atoms with Gasteiger partial charge in [-0.3, -0.25) is 0 Å². The lowest BCUT2D eigenvalue weighted by Crippen LogP contribution is -2.36. The summed E-state index contributed by atoms with van der Waals surface area (Å²) < 4.78 is 2.28. The summed E-state index contributed by atoms with van der Waals surface area (Å²) in [5.74, 6) is 0. The first-order valence-electron chi connectivity index (χ1n) is 5.41. The Hall–Kier alpha value is -1.63. The van der Waals surface area contributed by atoms with Crippen molar-refractivity contribution < 1.29 is 4.57 Å². The Bertz CT molecular complexity index is 420. The van der Waals surface area contributed by atoms with Gasteiger partial charge in [0, 0.05) is 12.1 Å². The number of aromatic nitrogens is 1. The molecule has 0 aliphatic carbocycles. The van der Waals surface area contributed by atoms with Crippen LogP contribution in [-0.2, 0) is 13.0 Å². The lowest BCUT2D eigenvalue weighted by Gasteiger charge is -2.01. The molecule has 0 spiro atoms. The summed E-state index contributed by atoms with van der Waals surface area (Å²) in [4.78, 5) is 0. The van der Waals surface area contributed by atoms with E-state index in [-0.39, 0.29) is 0 Å². The minimum atomic E-state index is 1.01. The number of aryl methyl sites for hydroxylation is 1. The summed E-state index contributed by atoms with van der Waals surface area (Å²) in [6.45, 7) is 3.21. The SMILES string of the molecule is CC[n+]1ccccc1Cc1ccccc1. The van der Waals surface area contributed by atoms with Crippen molar-refractivity contribution in [3.63, 3.8) is 0 Å². The van der Waals surface area contributed by atoms with Gasteiger partial charge in [-0.05, 0) is 12.5 Å². The minimum absolute atomic E-state index is 1.01. The molecule has 1 nitrogen and oxygen atoms in total. The van der Waals surface area contributed by atoms with Crippen LogP contribution in [0.4, 0.5) is 0 Å². The fourth-order valence-corrected chi connectivity index (χ4v) is 1.79. The van der Waals surface area contributed by atoms with Crippen molar-refractivity contribution in [3.8, 4) is 0 Å². The predicted molar refractivity (Wildman–Crippen MR) is 61.6 cm³/mol. The molecule has 15 heavy (non-hydrogen) atoms. The van der Waals surface area contributed by atoms with Crippen LogP contribution in [0.1, 0.15) is 18.2 Å². The molecule has 1 heteroatoms. The second kappa shape index (κ2) is 4.74. The van der Waals surface area contributed by atoms with Crippen LogP contribution in [0.3, 0.4) is 0 Å². The van der Waals surface area contributed by atoms with Crippen LogP contribution in [0.25, 0.3) is 0 Å². The van der Waals surface area contributed by atoms with Gasteiger partial charge >= 0.3 is 0 Å². The zero-order chi connectivity index (χ0) is 10.5. The van der Waals surface area contributed by atoms with Crippen molar-refractivity contribution in [2.75, 3.05) is 0 Å². The van der Waals surface area contributed by atoms with E-state index in [4.69, 9.17) is 0 Å². The average Bonchev–Trinajstić information content (AvgIpc) is 2.31. The predicted octanol–water partition coefficient (Wildman–Crippen LogP) is 2.58. The zero-order valence-electron chi connectivity index (χ0n) is 9.06. The van der Waals surface area contributed by atoms with Gasteiger partial charge in [-0.2, -0.15) is 0 Å². The summed E-state index contributed by atoms with van der Waals surface area (Å²) in [6, 6.07) is 17.0. The second-order valence-electron chi connectivity index (χ2n) is 3.64. The summed E-state index contributed by atoms with van der Waals surface area (Å²) in [7, 11) is 0. The van der Waals surface area contributed by atoms with Gasteiger partial charge in [0.15, 0.2) is 11.9 Å². The Morgan fingerprint density at radius 2 is 1.67 bits per heavy atom. The highest BCUT2D eigenvalue weighted by molar-refractivity contribution is 5.19. The molecule has 2 rings (SSSR count). The van der Waals surface area contributed by atoms with Crippen LogP contribution in [0, 0.1) is 0 Å². The second-order valence-corrected chi connectivity index (χ2v) is 3.64. The van der Waals surface area contributed by atoms with Gasteiger partial charge in [0.05, 0.1) is 6.42 Å². The Morgan fingerprint density at radius 1 is 0.933 bits per heavy atom. The van der Waals surface area contributed by atoms with Gasteiger partial charge in [-0.25, -0.2) is 4.57 Å². The van der Waals surface area contributed by atoms with E-state index < -0.39 is 0 Å². The van der Waals surface area contributed by atoms with Crippen molar-refractivity contribution in [2.45, 2.75) is 19.9 Å². The van der Waals surface area contributed by atoms with Crippen LogP contribution in [-0.4, -0.2) is 0 Å². The van der Waals surface area contributed by atoms with Crippen LogP contribution in [0.2, 0.25) is 0 Å². The van der Waals surface area contributed by atoms with E-state index in [1.54, 1.807) is 0 Å². The van der Waals surface area contributed by atoms with E-state index in [9.17, 15) is 0 Å². The minimum Gasteiger partial charge on any atom is -0.202 e. The molecule has 0 bridgehead atoms. The molecule has 0 atom stereocenters. The molecule has 0 amide bonds. The standard InChI is InChI=1S/C14H16N/c1-2-15-11-7-6-10-14(15)12-13-8-4-3-5-9-13/h3-11H,2,12H2,1H3/q+1.